The zero-order chi connectivity index (χ0) is 7.82. The summed E-state index contributed by atoms with van der Waals surface area (Å²) in [6, 6.07) is 0. The van der Waals surface area contributed by atoms with Gasteiger partial charge in [-0.25, -0.2) is 0 Å². The van der Waals surface area contributed by atoms with Gasteiger partial charge in [0.2, 0.25) is 0 Å². The minimum Gasteiger partial charge on any atom is -0.409 e. The lowest BCUT2D eigenvalue weighted by Gasteiger charge is -1.96. The Morgan fingerprint density at radius 2 is 2.30 bits per heavy atom. The fourth-order valence-corrected chi connectivity index (χ4v) is 1.12. The smallest absolute Gasteiger partial charge is 0.149 e. The maximum absolute atomic E-state index is 8.36. The summed E-state index contributed by atoms with van der Waals surface area (Å²) in [4.78, 5) is 0. The Morgan fingerprint density at radius 1 is 1.60 bits per heavy atom. The third-order valence-corrected chi connectivity index (χ3v) is 1.90. The number of rotatable bonds is 5. The number of thioether (sulfide) groups is 1. The number of hydrogen-bond acceptors (Lipinski definition) is 4. The molecule has 5 heteroatoms. The second kappa shape index (κ2) is 6.70. The van der Waals surface area contributed by atoms with Gasteiger partial charge in [-0.2, -0.15) is 11.8 Å². The lowest BCUT2D eigenvalue weighted by Crippen LogP contribution is -2.14. The van der Waals surface area contributed by atoms with Crippen LogP contribution in [-0.2, 0) is 0 Å². The van der Waals surface area contributed by atoms with Gasteiger partial charge in [-0.1, -0.05) is 5.16 Å². The molecule has 4 N–H and O–H groups in total. The molecule has 0 atom stereocenters. The maximum Gasteiger partial charge on any atom is 0.149 e. The Hall–Kier alpha value is -0.420. The molecule has 0 aromatic carbocycles. The largest absolute Gasteiger partial charge is 0.409 e. The van der Waals surface area contributed by atoms with Crippen LogP contribution in [-0.4, -0.2) is 34.3 Å². The van der Waals surface area contributed by atoms with Gasteiger partial charge in [0, 0.05) is 6.61 Å². The van der Waals surface area contributed by atoms with Crippen LogP contribution >= 0.6 is 11.8 Å². The Kier molecular flexibility index (Phi) is 6.42. The molecule has 0 bridgehead atoms. The molecule has 0 heterocycles. The van der Waals surface area contributed by atoms with Gasteiger partial charge < -0.3 is 16.0 Å². The van der Waals surface area contributed by atoms with Gasteiger partial charge in [0.1, 0.15) is 5.84 Å². The van der Waals surface area contributed by atoms with Crippen LogP contribution in [0.2, 0.25) is 0 Å². The highest BCUT2D eigenvalue weighted by atomic mass is 32.2. The average molecular weight is 164 g/mol. The van der Waals surface area contributed by atoms with Crippen LogP contribution in [0.3, 0.4) is 0 Å². The summed E-state index contributed by atoms with van der Waals surface area (Å²) in [6.45, 7) is 0.198. The summed E-state index contributed by atoms with van der Waals surface area (Å²) in [5.41, 5.74) is 5.17. The second-order valence-corrected chi connectivity index (χ2v) is 2.83. The molecule has 0 spiro atoms. The first-order valence-corrected chi connectivity index (χ1v) is 4.11. The van der Waals surface area contributed by atoms with Gasteiger partial charge in [-0.05, 0) is 12.2 Å². The minimum absolute atomic E-state index is 0.198. The third-order valence-electron chi connectivity index (χ3n) is 0.825. The molecule has 0 aliphatic heterocycles. The standard InChI is InChI=1S/C5H12N2O2S/c6-5(7-9)4-10-3-1-2-8/h8-9H,1-4H2,(H2,6,7). The summed E-state index contributed by atoms with van der Waals surface area (Å²) in [6.07, 6.45) is 0.753. The van der Waals surface area contributed by atoms with Crippen molar-refractivity contribution >= 4 is 17.6 Å². The van der Waals surface area contributed by atoms with Crippen molar-refractivity contribution in [3.63, 3.8) is 0 Å². The van der Waals surface area contributed by atoms with E-state index < -0.39 is 0 Å². The van der Waals surface area contributed by atoms with E-state index in [1.165, 1.54) is 11.8 Å². The normalized spacial score (nSPS) is 11.9. The van der Waals surface area contributed by atoms with Crippen LogP contribution in [0.5, 0.6) is 0 Å². The third kappa shape index (κ3) is 5.71. The van der Waals surface area contributed by atoms with E-state index in [0.717, 1.165) is 12.2 Å². The molecule has 0 radical (unpaired) electrons. The van der Waals surface area contributed by atoms with Crippen LogP contribution in [0, 0.1) is 0 Å². The van der Waals surface area contributed by atoms with Gasteiger partial charge in [-0.3, -0.25) is 0 Å². The fourth-order valence-electron chi connectivity index (χ4n) is 0.372. The van der Waals surface area contributed by atoms with Crippen molar-refractivity contribution in [1.82, 2.24) is 0 Å². The fraction of sp³-hybridized carbons (Fsp3) is 0.800. The average Bonchev–Trinajstić information content (AvgIpc) is 1.98. The summed E-state index contributed by atoms with van der Waals surface area (Å²) < 4.78 is 0. The molecule has 0 saturated heterocycles. The van der Waals surface area contributed by atoms with Gasteiger partial charge in [-0.15, -0.1) is 0 Å². The quantitative estimate of drug-likeness (QED) is 0.173. The maximum atomic E-state index is 8.36. The molecular weight excluding hydrogens is 152 g/mol. The topological polar surface area (TPSA) is 78.8 Å². The number of aliphatic hydroxyl groups excluding tert-OH is 1. The molecule has 0 fully saturated rings. The van der Waals surface area contributed by atoms with E-state index in [1.807, 2.05) is 0 Å². The van der Waals surface area contributed by atoms with E-state index in [4.69, 9.17) is 16.0 Å². The summed E-state index contributed by atoms with van der Waals surface area (Å²) in [7, 11) is 0. The summed E-state index contributed by atoms with van der Waals surface area (Å²) in [5.74, 6) is 1.59. The van der Waals surface area contributed by atoms with E-state index >= 15 is 0 Å². The zero-order valence-electron chi connectivity index (χ0n) is 5.66. The molecular formula is C5H12N2O2S. The van der Waals surface area contributed by atoms with Crippen molar-refractivity contribution in [3.05, 3.63) is 0 Å². The first kappa shape index (κ1) is 9.58. The van der Waals surface area contributed by atoms with E-state index in [1.54, 1.807) is 0 Å². The molecule has 0 aliphatic carbocycles. The first-order chi connectivity index (χ1) is 4.81. The van der Waals surface area contributed by atoms with Gasteiger partial charge in [0.05, 0.1) is 5.75 Å². The predicted molar refractivity (Wildman–Crippen MR) is 42.4 cm³/mol. The van der Waals surface area contributed by atoms with Crippen molar-refractivity contribution in [2.45, 2.75) is 6.42 Å². The Bertz CT molecular complexity index is 108. The monoisotopic (exact) mass is 164 g/mol. The van der Waals surface area contributed by atoms with Crippen molar-refractivity contribution in [3.8, 4) is 0 Å². The minimum atomic E-state index is 0.198. The number of hydrogen-bond donors (Lipinski definition) is 3. The van der Waals surface area contributed by atoms with Crippen molar-refractivity contribution in [1.29, 1.82) is 0 Å². The van der Waals surface area contributed by atoms with Crippen molar-refractivity contribution in [2.75, 3.05) is 18.1 Å². The Labute approximate surface area is 64.1 Å². The van der Waals surface area contributed by atoms with Crippen LogP contribution in [0.4, 0.5) is 0 Å². The summed E-state index contributed by atoms with van der Waals surface area (Å²) in [5, 5.41) is 19.3. The number of oxime groups is 1. The number of amidine groups is 1. The number of nitrogens with two attached hydrogens (primary N) is 1. The van der Waals surface area contributed by atoms with Gasteiger partial charge >= 0.3 is 0 Å². The summed E-state index contributed by atoms with van der Waals surface area (Å²) >= 11 is 1.53. The lowest BCUT2D eigenvalue weighted by molar-refractivity contribution is 0.296. The molecule has 0 saturated carbocycles. The van der Waals surface area contributed by atoms with E-state index in [9.17, 15) is 0 Å². The molecule has 0 aromatic heterocycles. The zero-order valence-corrected chi connectivity index (χ0v) is 6.47. The van der Waals surface area contributed by atoms with E-state index in [-0.39, 0.29) is 12.4 Å². The van der Waals surface area contributed by atoms with E-state index in [2.05, 4.69) is 5.16 Å². The van der Waals surface area contributed by atoms with E-state index in [0.29, 0.717) is 5.75 Å². The highest BCUT2D eigenvalue weighted by molar-refractivity contribution is 7.99. The molecule has 0 aliphatic rings. The van der Waals surface area contributed by atoms with Gasteiger partial charge in [0.15, 0.2) is 0 Å². The number of nitrogens with zero attached hydrogens (tertiary/aromatic N) is 1. The second-order valence-electron chi connectivity index (χ2n) is 1.72. The molecule has 10 heavy (non-hydrogen) atoms. The Morgan fingerprint density at radius 3 is 2.80 bits per heavy atom. The SMILES string of the molecule is NC(CSCCCO)=NO. The molecule has 0 aromatic rings. The van der Waals surface area contributed by atoms with Gasteiger partial charge in [0.25, 0.3) is 0 Å². The molecule has 0 unspecified atom stereocenters. The van der Waals surface area contributed by atoms with Crippen LogP contribution in [0.1, 0.15) is 6.42 Å². The molecule has 60 valence electrons. The highest BCUT2D eigenvalue weighted by Crippen LogP contribution is 2.00. The predicted octanol–water partition coefficient (Wildman–Crippen LogP) is -0.152. The van der Waals surface area contributed by atoms with Crippen LogP contribution in [0.15, 0.2) is 5.16 Å². The van der Waals surface area contributed by atoms with Crippen LogP contribution < -0.4 is 5.73 Å². The first-order valence-electron chi connectivity index (χ1n) is 2.96. The molecule has 4 nitrogen and oxygen atoms in total. The molecule has 0 amide bonds. The van der Waals surface area contributed by atoms with Crippen molar-refractivity contribution < 1.29 is 10.3 Å². The highest BCUT2D eigenvalue weighted by Gasteiger charge is 1.92. The Balaban J connectivity index is 3.04. The van der Waals surface area contributed by atoms with Crippen molar-refractivity contribution in [2.24, 2.45) is 10.9 Å². The number of aliphatic hydroxyl groups is 1. The van der Waals surface area contributed by atoms with Crippen LogP contribution in [0.25, 0.3) is 0 Å². The molecule has 0 rings (SSSR count). The lowest BCUT2D eigenvalue weighted by atomic mass is 10.5.